The van der Waals surface area contributed by atoms with E-state index in [1.165, 1.54) is 25.7 Å². The van der Waals surface area contributed by atoms with E-state index in [0.29, 0.717) is 24.9 Å². The Balaban J connectivity index is 1.66. The summed E-state index contributed by atoms with van der Waals surface area (Å²) >= 11 is 0. The standard InChI is InChI=1S/C16H21NO3/c1-11(12-4-2-3-5-12)16(18)17-13-6-7-14-15(10-13)20-9-8-19-14/h6-7,10-12H,2-5,8-9H2,1H3,(H,17,18). The Bertz CT molecular complexity index is 494. The number of nitrogens with one attached hydrogen (secondary N) is 1. The second kappa shape index (κ2) is 5.73. The number of ether oxygens (including phenoxy) is 2. The Morgan fingerprint density at radius 1 is 1.20 bits per heavy atom. The van der Waals surface area contributed by atoms with Gasteiger partial charge in [-0.2, -0.15) is 0 Å². The number of carbonyl (C=O) groups is 1. The third-order valence-corrected chi connectivity index (χ3v) is 4.33. The Morgan fingerprint density at radius 2 is 1.90 bits per heavy atom. The molecule has 0 radical (unpaired) electrons. The molecule has 1 N–H and O–H groups in total. The average molecular weight is 275 g/mol. The molecule has 1 aliphatic carbocycles. The second-order valence-corrected chi connectivity index (χ2v) is 5.68. The molecule has 1 fully saturated rings. The van der Waals surface area contributed by atoms with Crippen LogP contribution in [0.4, 0.5) is 5.69 Å². The highest BCUT2D eigenvalue weighted by Crippen LogP contribution is 2.34. The number of hydrogen-bond donors (Lipinski definition) is 1. The maximum atomic E-state index is 12.3. The molecular weight excluding hydrogens is 254 g/mol. The van der Waals surface area contributed by atoms with Crippen LogP contribution in [0.3, 0.4) is 0 Å². The molecule has 2 aliphatic rings. The maximum Gasteiger partial charge on any atom is 0.227 e. The van der Waals surface area contributed by atoms with E-state index in [1.807, 2.05) is 25.1 Å². The summed E-state index contributed by atoms with van der Waals surface area (Å²) < 4.78 is 11.0. The maximum absolute atomic E-state index is 12.3. The van der Waals surface area contributed by atoms with Gasteiger partial charge in [-0.1, -0.05) is 19.8 Å². The molecule has 0 spiro atoms. The number of fused-ring (bicyclic) bond motifs is 1. The second-order valence-electron chi connectivity index (χ2n) is 5.68. The fourth-order valence-electron chi connectivity index (χ4n) is 3.05. The predicted molar refractivity (Wildman–Crippen MR) is 77.2 cm³/mol. The Morgan fingerprint density at radius 3 is 2.65 bits per heavy atom. The molecule has 4 nitrogen and oxygen atoms in total. The lowest BCUT2D eigenvalue weighted by Crippen LogP contribution is -2.25. The fraction of sp³-hybridized carbons (Fsp3) is 0.562. The molecule has 0 bridgehead atoms. The van der Waals surface area contributed by atoms with Gasteiger partial charge in [0.05, 0.1) is 0 Å². The minimum Gasteiger partial charge on any atom is -0.486 e. The molecule has 1 atom stereocenters. The highest BCUT2D eigenvalue weighted by atomic mass is 16.6. The lowest BCUT2D eigenvalue weighted by molar-refractivity contribution is -0.120. The van der Waals surface area contributed by atoms with Crippen LogP contribution >= 0.6 is 0 Å². The van der Waals surface area contributed by atoms with Crippen LogP contribution in [0, 0.1) is 11.8 Å². The van der Waals surface area contributed by atoms with Gasteiger partial charge >= 0.3 is 0 Å². The summed E-state index contributed by atoms with van der Waals surface area (Å²) in [4.78, 5) is 12.3. The molecular formula is C16H21NO3. The first-order chi connectivity index (χ1) is 9.74. The monoisotopic (exact) mass is 275 g/mol. The van der Waals surface area contributed by atoms with Crippen molar-refractivity contribution in [3.05, 3.63) is 18.2 Å². The smallest absolute Gasteiger partial charge is 0.227 e. The van der Waals surface area contributed by atoms with E-state index in [2.05, 4.69) is 5.32 Å². The van der Waals surface area contributed by atoms with Crippen molar-refractivity contribution in [2.24, 2.45) is 11.8 Å². The van der Waals surface area contributed by atoms with Gasteiger partial charge < -0.3 is 14.8 Å². The number of anilines is 1. The molecule has 1 aromatic rings. The van der Waals surface area contributed by atoms with E-state index in [9.17, 15) is 4.79 Å². The van der Waals surface area contributed by atoms with Crippen LogP contribution in [0.25, 0.3) is 0 Å². The Labute approximate surface area is 119 Å². The quantitative estimate of drug-likeness (QED) is 0.921. The number of amides is 1. The lowest BCUT2D eigenvalue weighted by Gasteiger charge is -2.21. The summed E-state index contributed by atoms with van der Waals surface area (Å²) in [6, 6.07) is 5.56. The molecule has 1 unspecified atom stereocenters. The van der Waals surface area contributed by atoms with Crippen LogP contribution in [0.15, 0.2) is 18.2 Å². The molecule has 1 aliphatic heterocycles. The zero-order valence-corrected chi connectivity index (χ0v) is 11.9. The molecule has 1 saturated carbocycles. The molecule has 20 heavy (non-hydrogen) atoms. The summed E-state index contributed by atoms with van der Waals surface area (Å²) in [5.41, 5.74) is 0.782. The van der Waals surface area contributed by atoms with Crippen LogP contribution in [0.5, 0.6) is 11.5 Å². The highest BCUT2D eigenvalue weighted by molar-refractivity contribution is 5.92. The summed E-state index contributed by atoms with van der Waals surface area (Å²) in [5.74, 6) is 2.17. The normalized spacial score (nSPS) is 19.6. The van der Waals surface area contributed by atoms with Crippen molar-refractivity contribution in [1.82, 2.24) is 0 Å². The van der Waals surface area contributed by atoms with Crippen molar-refractivity contribution in [2.75, 3.05) is 18.5 Å². The summed E-state index contributed by atoms with van der Waals surface area (Å²) in [6.45, 7) is 3.17. The van der Waals surface area contributed by atoms with Gasteiger partial charge in [0.25, 0.3) is 0 Å². The first kappa shape index (κ1) is 13.3. The molecule has 0 aromatic heterocycles. The third kappa shape index (κ3) is 2.74. The van der Waals surface area contributed by atoms with Crippen LogP contribution in [0.2, 0.25) is 0 Å². The van der Waals surface area contributed by atoms with Crippen LogP contribution in [-0.4, -0.2) is 19.1 Å². The average Bonchev–Trinajstić information content (AvgIpc) is 3.00. The highest BCUT2D eigenvalue weighted by Gasteiger charge is 2.27. The fourth-order valence-corrected chi connectivity index (χ4v) is 3.05. The van der Waals surface area contributed by atoms with Gasteiger partial charge in [0.2, 0.25) is 5.91 Å². The summed E-state index contributed by atoms with van der Waals surface area (Å²) in [5, 5.41) is 2.99. The number of hydrogen-bond acceptors (Lipinski definition) is 3. The van der Waals surface area contributed by atoms with Crippen molar-refractivity contribution >= 4 is 11.6 Å². The lowest BCUT2D eigenvalue weighted by atomic mass is 9.92. The molecule has 1 amide bonds. The van der Waals surface area contributed by atoms with E-state index in [0.717, 1.165) is 11.4 Å². The van der Waals surface area contributed by atoms with Gasteiger partial charge in [-0.05, 0) is 30.9 Å². The molecule has 3 rings (SSSR count). The van der Waals surface area contributed by atoms with Crippen molar-refractivity contribution in [3.63, 3.8) is 0 Å². The van der Waals surface area contributed by atoms with E-state index in [4.69, 9.17) is 9.47 Å². The van der Waals surface area contributed by atoms with E-state index in [-0.39, 0.29) is 11.8 Å². The van der Waals surface area contributed by atoms with Crippen molar-refractivity contribution in [3.8, 4) is 11.5 Å². The number of rotatable bonds is 3. The van der Waals surface area contributed by atoms with Gasteiger partial charge in [-0.15, -0.1) is 0 Å². The zero-order chi connectivity index (χ0) is 13.9. The van der Waals surface area contributed by atoms with Crippen LogP contribution in [0.1, 0.15) is 32.6 Å². The number of carbonyl (C=O) groups excluding carboxylic acids is 1. The topological polar surface area (TPSA) is 47.6 Å². The Hall–Kier alpha value is -1.71. The third-order valence-electron chi connectivity index (χ3n) is 4.33. The van der Waals surface area contributed by atoms with Crippen LogP contribution < -0.4 is 14.8 Å². The molecule has 1 heterocycles. The van der Waals surface area contributed by atoms with Gasteiger partial charge in [0, 0.05) is 17.7 Å². The van der Waals surface area contributed by atoms with E-state index >= 15 is 0 Å². The van der Waals surface area contributed by atoms with Gasteiger partial charge in [0.15, 0.2) is 11.5 Å². The van der Waals surface area contributed by atoms with Crippen LogP contribution in [-0.2, 0) is 4.79 Å². The first-order valence-corrected chi connectivity index (χ1v) is 7.44. The molecule has 4 heteroatoms. The van der Waals surface area contributed by atoms with Gasteiger partial charge in [0.1, 0.15) is 13.2 Å². The largest absolute Gasteiger partial charge is 0.486 e. The predicted octanol–water partition coefficient (Wildman–Crippen LogP) is 3.22. The van der Waals surface area contributed by atoms with E-state index < -0.39 is 0 Å². The molecule has 108 valence electrons. The SMILES string of the molecule is CC(C(=O)Nc1ccc2c(c1)OCCO2)C1CCCC1. The van der Waals surface area contributed by atoms with E-state index in [1.54, 1.807) is 0 Å². The Kier molecular flexibility index (Phi) is 3.81. The van der Waals surface area contributed by atoms with Crippen molar-refractivity contribution < 1.29 is 14.3 Å². The summed E-state index contributed by atoms with van der Waals surface area (Å²) in [6.07, 6.45) is 4.87. The zero-order valence-electron chi connectivity index (χ0n) is 11.9. The molecule has 0 saturated heterocycles. The van der Waals surface area contributed by atoms with Crippen molar-refractivity contribution in [1.29, 1.82) is 0 Å². The van der Waals surface area contributed by atoms with Gasteiger partial charge in [-0.25, -0.2) is 0 Å². The van der Waals surface area contributed by atoms with Gasteiger partial charge in [-0.3, -0.25) is 4.79 Å². The van der Waals surface area contributed by atoms with Crippen molar-refractivity contribution in [2.45, 2.75) is 32.6 Å². The molecule has 1 aromatic carbocycles. The number of benzene rings is 1. The minimum atomic E-state index is 0.0747. The first-order valence-electron chi connectivity index (χ1n) is 7.44. The minimum absolute atomic E-state index is 0.0747. The summed E-state index contributed by atoms with van der Waals surface area (Å²) in [7, 11) is 0.